The Bertz CT molecular complexity index is 1220. The highest BCUT2D eigenvalue weighted by molar-refractivity contribution is 7.89. The number of halogens is 1. The number of amides is 1. The molecule has 0 atom stereocenters. The lowest BCUT2D eigenvalue weighted by molar-refractivity contribution is 0.102. The number of aryl methyl sites for hydroxylation is 1. The second-order valence-corrected chi connectivity index (χ2v) is 9.36. The van der Waals surface area contributed by atoms with E-state index < -0.39 is 15.8 Å². The number of hydrazone groups is 1. The van der Waals surface area contributed by atoms with E-state index in [2.05, 4.69) is 15.2 Å². The molecule has 3 rings (SSSR count). The third kappa shape index (κ3) is 4.92. The number of benzene rings is 2. The van der Waals surface area contributed by atoms with E-state index in [0.717, 1.165) is 34.7 Å². The smallest absolute Gasteiger partial charge is 0.276 e. The molecule has 3 aromatic rings. The molecule has 6 nitrogen and oxygen atoms in total. The molecule has 156 valence electrons. The highest BCUT2D eigenvalue weighted by Gasteiger charge is 2.14. The summed E-state index contributed by atoms with van der Waals surface area (Å²) in [5, 5.41) is 8.60. The first-order valence-corrected chi connectivity index (χ1v) is 11.3. The number of carbonyl (C=O) groups excluding carboxylic acids is 1. The fourth-order valence-corrected chi connectivity index (χ4v) is 4.34. The van der Waals surface area contributed by atoms with Crippen molar-refractivity contribution >= 4 is 38.7 Å². The van der Waals surface area contributed by atoms with Gasteiger partial charge in [-0.15, -0.1) is 11.3 Å². The van der Waals surface area contributed by atoms with Crippen molar-refractivity contribution in [2.75, 3.05) is 5.32 Å². The molecule has 0 unspecified atom stereocenters. The summed E-state index contributed by atoms with van der Waals surface area (Å²) in [5.41, 5.74) is 3.17. The minimum absolute atomic E-state index is 0.0945. The third-order valence-electron chi connectivity index (χ3n) is 4.53. The molecule has 0 bridgehead atoms. The van der Waals surface area contributed by atoms with E-state index in [4.69, 9.17) is 0 Å². The number of thiophene rings is 1. The van der Waals surface area contributed by atoms with E-state index in [1.807, 2.05) is 19.2 Å². The Morgan fingerprint density at radius 1 is 1.10 bits per heavy atom. The van der Waals surface area contributed by atoms with Gasteiger partial charge in [0.1, 0.15) is 5.82 Å². The Balaban J connectivity index is 1.75. The van der Waals surface area contributed by atoms with Gasteiger partial charge in [-0.3, -0.25) is 4.79 Å². The number of anilines is 1. The molecule has 0 radical (unpaired) electrons. The largest absolute Gasteiger partial charge is 0.322 e. The monoisotopic (exact) mass is 445 g/mol. The molecule has 1 amide bonds. The summed E-state index contributed by atoms with van der Waals surface area (Å²) in [6.45, 7) is 5.51. The van der Waals surface area contributed by atoms with Crippen LogP contribution in [0.1, 0.15) is 33.3 Å². The molecule has 1 aromatic heterocycles. The summed E-state index contributed by atoms with van der Waals surface area (Å²) < 4.78 is 37.6. The van der Waals surface area contributed by atoms with Gasteiger partial charge in [-0.25, -0.2) is 4.39 Å². The van der Waals surface area contributed by atoms with E-state index in [-0.39, 0.29) is 10.8 Å². The molecular formula is C21H20FN3O3S2. The molecular weight excluding hydrogens is 425 g/mol. The van der Waals surface area contributed by atoms with E-state index in [0.29, 0.717) is 22.5 Å². The average molecular weight is 446 g/mol. The van der Waals surface area contributed by atoms with Crippen molar-refractivity contribution in [3.05, 3.63) is 81.3 Å². The average Bonchev–Trinajstić information content (AvgIpc) is 3.05. The zero-order chi connectivity index (χ0) is 21.9. The van der Waals surface area contributed by atoms with E-state index in [9.17, 15) is 17.6 Å². The van der Waals surface area contributed by atoms with Gasteiger partial charge in [-0.05, 0) is 68.3 Å². The van der Waals surface area contributed by atoms with Crippen molar-refractivity contribution < 1.29 is 17.6 Å². The van der Waals surface area contributed by atoms with Crippen LogP contribution in [-0.4, -0.2) is 20.0 Å². The summed E-state index contributed by atoms with van der Waals surface area (Å²) >= 11 is 1.52. The van der Waals surface area contributed by atoms with Crippen molar-refractivity contribution in [2.24, 2.45) is 5.10 Å². The van der Waals surface area contributed by atoms with Gasteiger partial charge in [0.05, 0.1) is 16.2 Å². The normalized spacial score (nSPS) is 11.9. The van der Waals surface area contributed by atoms with E-state index >= 15 is 0 Å². The second-order valence-electron chi connectivity index (χ2n) is 6.61. The lowest BCUT2D eigenvalue weighted by Gasteiger charge is -2.08. The number of sulfonamides is 1. The third-order valence-corrected chi connectivity index (χ3v) is 6.76. The summed E-state index contributed by atoms with van der Waals surface area (Å²) in [6, 6.07) is 11.4. The Morgan fingerprint density at radius 3 is 2.43 bits per heavy atom. The predicted octanol–water partition coefficient (Wildman–Crippen LogP) is 4.46. The van der Waals surface area contributed by atoms with Gasteiger partial charge < -0.3 is 5.32 Å². The molecule has 1 heterocycles. The van der Waals surface area contributed by atoms with Gasteiger partial charge in [-0.2, -0.15) is 18.4 Å². The molecule has 2 aromatic carbocycles. The van der Waals surface area contributed by atoms with Gasteiger partial charge in [0.15, 0.2) is 0 Å². The van der Waals surface area contributed by atoms with Gasteiger partial charge in [0, 0.05) is 15.9 Å². The van der Waals surface area contributed by atoms with Crippen LogP contribution >= 0.6 is 11.3 Å². The molecule has 0 saturated heterocycles. The fraction of sp³-hybridized carbons (Fsp3) is 0.143. The molecule has 0 aliphatic carbocycles. The number of nitrogens with zero attached hydrogens (tertiary/aromatic N) is 1. The van der Waals surface area contributed by atoms with Crippen LogP contribution in [0.25, 0.3) is 0 Å². The van der Waals surface area contributed by atoms with Crippen LogP contribution in [0.3, 0.4) is 0 Å². The number of rotatable bonds is 6. The van der Waals surface area contributed by atoms with Crippen LogP contribution in [-0.2, 0) is 10.0 Å². The van der Waals surface area contributed by atoms with Crippen molar-refractivity contribution in [2.45, 2.75) is 25.7 Å². The van der Waals surface area contributed by atoms with Gasteiger partial charge in [-0.1, -0.05) is 12.1 Å². The van der Waals surface area contributed by atoms with Gasteiger partial charge in [0.2, 0.25) is 0 Å². The number of carbonyl (C=O) groups is 1. The molecule has 0 saturated carbocycles. The Kier molecular flexibility index (Phi) is 6.33. The first kappa shape index (κ1) is 21.7. The topological polar surface area (TPSA) is 87.6 Å². The van der Waals surface area contributed by atoms with Crippen molar-refractivity contribution in [1.29, 1.82) is 0 Å². The van der Waals surface area contributed by atoms with Crippen molar-refractivity contribution in [3.63, 3.8) is 0 Å². The maximum Gasteiger partial charge on any atom is 0.276 e. The number of nitrogens with one attached hydrogen (secondary N) is 2. The summed E-state index contributed by atoms with van der Waals surface area (Å²) in [4.78, 5) is 15.6. The first-order chi connectivity index (χ1) is 14.2. The minimum Gasteiger partial charge on any atom is -0.322 e. The Morgan fingerprint density at radius 2 is 1.80 bits per heavy atom. The SMILES string of the molecule is C/C(=N/NS(=O)(=O)c1ccc(F)cc1)c1cccc(NC(=O)c2csc(C)c2C)c1. The molecule has 0 aliphatic rings. The predicted molar refractivity (Wildman–Crippen MR) is 117 cm³/mol. The zero-order valence-corrected chi connectivity index (χ0v) is 18.2. The molecule has 9 heteroatoms. The summed E-state index contributed by atoms with van der Waals surface area (Å²) in [7, 11) is -3.92. The quantitative estimate of drug-likeness (QED) is 0.434. The lowest BCUT2D eigenvalue weighted by atomic mass is 10.1. The Labute approximate surface area is 178 Å². The lowest BCUT2D eigenvalue weighted by Crippen LogP contribution is -2.20. The molecule has 2 N–H and O–H groups in total. The zero-order valence-electron chi connectivity index (χ0n) is 16.6. The van der Waals surface area contributed by atoms with Crippen molar-refractivity contribution in [3.8, 4) is 0 Å². The summed E-state index contributed by atoms with van der Waals surface area (Å²) in [5.74, 6) is -0.735. The standard InChI is InChI=1S/C21H20FN3O3S2/c1-13-15(3)29-12-20(13)21(26)23-18-6-4-5-16(11-18)14(2)24-25-30(27,28)19-9-7-17(22)8-10-19/h4-12,25H,1-3H3,(H,23,26)/b24-14-. The van der Waals surface area contributed by atoms with Crippen molar-refractivity contribution in [1.82, 2.24) is 4.83 Å². The fourth-order valence-electron chi connectivity index (χ4n) is 2.62. The maximum atomic E-state index is 13.0. The van der Waals surface area contributed by atoms with Gasteiger partial charge >= 0.3 is 0 Å². The highest BCUT2D eigenvalue weighted by Crippen LogP contribution is 2.22. The second kappa shape index (κ2) is 8.76. The van der Waals surface area contributed by atoms with Crippen LogP contribution in [0, 0.1) is 19.7 Å². The molecule has 0 fully saturated rings. The number of hydrogen-bond acceptors (Lipinski definition) is 5. The van der Waals surface area contributed by atoms with E-state index in [1.54, 1.807) is 31.2 Å². The Hall–Kier alpha value is -3.04. The molecule has 0 spiro atoms. The molecule has 30 heavy (non-hydrogen) atoms. The highest BCUT2D eigenvalue weighted by atomic mass is 32.2. The van der Waals surface area contributed by atoms with E-state index in [1.165, 1.54) is 11.3 Å². The summed E-state index contributed by atoms with van der Waals surface area (Å²) in [6.07, 6.45) is 0. The first-order valence-electron chi connectivity index (χ1n) is 8.95. The number of hydrogen-bond donors (Lipinski definition) is 2. The molecule has 0 aliphatic heterocycles. The van der Waals surface area contributed by atoms with Gasteiger partial charge in [0.25, 0.3) is 15.9 Å². The minimum atomic E-state index is -3.92. The van der Waals surface area contributed by atoms with Crippen LogP contribution in [0.4, 0.5) is 10.1 Å². The van der Waals surface area contributed by atoms with Crippen LogP contribution < -0.4 is 10.1 Å². The maximum absolute atomic E-state index is 13.0. The van der Waals surface area contributed by atoms with Crippen LogP contribution in [0.2, 0.25) is 0 Å². The van der Waals surface area contributed by atoms with Crippen LogP contribution in [0.15, 0.2) is 63.9 Å². The van der Waals surface area contributed by atoms with Crippen LogP contribution in [0.5, 0.6) is 0 Å².